The molecule has 120 valence electrons. The summed E-state index contributed by atoms with van der Waals surface area (Å²) in [6, 6.07) is 23.0. The number of H-pyrrole nitrogens is 1. The zero-order valence-corrected chi connectivity index (χ0v) is 14.9. The van der Waals surface area contributed by atoms with Crippen LogP contribution in [0.25, 0.3) is 10.9 Å². The SMILES string of the molecule is S=C(c1ccc2c(c1)Sc1ccccc1N2)c1c[nH]c2ccccc12. The first-order chi connectivity index (χ1) is 12.3. The van der Waals surface area contributed by atoms with Crippen LogP contribution in [-0.2, 0) is 0 Å². The van der Waals surface area contributed by atoms with Crippen LogP contribution in [0.4, 0.5) is 11.4 Å². The lowest BCUT2D eigenvalue weighted by Gasteiger charge is -2.21. The van der Waals surface area contributed by atoms with Crippen LogP contribution < -0.4 is 5.32 Å². The van der Waals surface area contributed by atoms with Crippen molar-refractivity contribution in [1.82, 2.24) is 4.98 Å². The van der Waals surface area contributed by atoms with Gasteiger partial charge >= 0.3 is 0 Å². The van der Waals surface area contributed by atoms with E-state index in [4.69, 9.17) is 12.2 Å². The van der Waals surface area contributed by atoms with Gasteiger partial charge in [0.1, 0.15) is 0 Å². The highest BCUT2D eigenvalue weighted by molar-refractivity contribution is 7.99. The number of para-hydroxylation sites is 2. The minimum absolute atomic E-state index is 0.875. The van der Waals surface area contributed by atoms with E-state index in [1.807, 2.05) is 18.3 Å². The highest BCUT2D eigenvalue weighted by Crippen LogP contribution is 2.44. The number of rotatable bonds is 2. The van der Waals surface area contributed by atoms with Crippen LogP contribution in [0.1, 0.15) is 11.1 Å². The molecule has 2 heterocycles. The molecule has 0 bridgehead atoms. The van der Waals surface area contributed by atoms with E-state index < -0.39 is 0 Å². The fourth-order valence-electron chi connectivity index (χ4n) is 3.19. The largest absolute Gasteiger partial charge is 0.361 e. The Labute approximate surface area is 155 Å². The molecule has 4 heteroatoms. The fourth-order valence-corrected chi connectivity index (χ4v) is 4.51. The van der Waals surface area contributed by atoms with Gasteiger partial charge in [0.05, 0.1) is 16.2 Å². The molecular formula is C21H14N2S2. The molecule has 1 aliphatic rings. The smallest absolute Gasteiger partial charge is 0.0543 e. The van der Waals surface area contributed by atoms with Crippen molar-refractivity contribution in [3.8, 4) is 0 Å². The Bertz CT molecular complexity index is 1130. The number of fused-ring (bicyclic) bond motifs is 3. The molecule has 1 aliphatic heterocycles. The number of nitrogens with one attached hydrogen (secondary N) is 2. The van der Waals surface area contributed by atoms with E-state index in [2.05, 4.69) is 64.9 Å². The van der Waals surface area contributed by atoms with Crippen LogP contribution in [0, 0.1) is 0 Å². The molecule has 0 saturated carbocycles. The van der Waals surface area contributed by atoms with Crippen LogP contribution in [-0.4, -0.2) is 9.85 Å². The fraction of sp³-hybridized carbons (Fsp3) is 0. The maximum absolute atomic E-state index is 5.80. The van der Waals surface area contributed by atoms with Gasteiger partial charge in [-0.3, -0.25) is 0 Å². The van der Waals surface area contributed by atoms with E-state index >= 15 is 0 Å². The molecular weight excluding hydrogens is 344 g/mol. The highest BCUT2D eigenvalue weighted by atomic mass is 32.2. The number of anilines is 2. The molecule has 0 amide bonds. The lowest BCUT2D eigenvalue weighted by atomic mass is 10.0. The lowest BCUT2D eigenvalue weighted by molar-refractivity contribution is 1.31. The molecule has 5 rings (SSSR count). The minimum atomic E-state index is 0.875. The van der Waals surface area contributed by atoms with Crippen LogP contribution >= 0.6 is 24.0 Å². The highest BCUT2D eigenvalue weighted by Gasteiger charge is 2.17. The lowest BCUT2D eigenvalue weighted by Crippen LogP contribution is -2.03. The quantitative estimate of drug-likeness (QED) is 0.293. The van der Waals surface area contributed by atoms with Gasteiger partial charge in [0.15, 0.2) is 0 Å². The van der Waals surface area contributed by atoms with Crippen molar-refractivity contribution in [3.63, 3.8) is 0 Å². The third-order valence-corrected chi connectivity index (χ3v) is 6.04. The normalized spacial score (nSPS) is 12.3. The van der Waals surface area contributed by atoms with Crippen LogP contribution in [0.5, 0.6) is 0 Å². The summed E-state index contributed by atoms with van der Waals surface area (Å²) in [6.07, 6.45) is 2.01. The van der Waals surface area contributed by atoms with Gasteiger partial charge in [-0.1, -0.05) is 60.4 Å². The van der Waals surface area contributed by atoms with E-state index in [0.29, 0.717) is 0 Å². The first-order valence-corrected chi connectivity index (χ1v) is 9.31. The summed E-state index contributed by atoms with van der Waals surface area (Å²) < 4.78 is 0. The van der Waals surface area contributed by atoms with Crippen LogP contribution in [0.15, 0.2) is 82.7 Å². The number of aromatic amines is 1. The van der Waals surface area contributed by atoms with Gasteiger partial charge in [0, 0.05) is 32.5 Å². The van der Waals surface area contributed by atoms with Crippen molar-refractivity contribution >= 4 is 51.1 Å². The zero-order valence-electron chi connectivity index (χ0n) is 13.2. The first kappa shape index (κ1) is 14.8. The third kappa shape index (κ3) is 2.46. The molecule has 0 aliphatic carbocycles. The second-order valence-electron chi connectivity index (χ2n) is 6.01. The van der Waals surface area contributed by atoms with Crippen molar-refractivity contribution in [2.24, 2.45) is 0 Å². The van der Waals surface area contributed by atoms with Crippen molar-refractivity contribution in [2.45, 2.75) is 9.79 Å². The molecule has 0 unspecified atom stereocenters. The van der Waals surface area contributed by atoms with E-state index in [-0.39, 0.29) is 0 Å². The maximum Gasteiger partial charge on any atom is 0.0543 e. The van der Waals surface area contributed by atoms with E-state index in [1.165, 1.54) is 15.2 Å². The second kappa shape index (κ2) is 5.76. The molecule has 0 spiro atoms. The molecule has 4 aromatic rings. The molecule has 3 aromatic carbocycles. The summed E-state index contributed by atoms with van der Waals surface area (Å²) in [7, 11) is 0. The van der Waals surface area contributed by atoms with Gasteiger partial charge in [-0.05, 0) is 35.9 Å². The van der Waals surface area contributed by atoms with E-state index in [0.717, 1.165) is 32.9 Å². The molecule has 1 aromatic heterocycles. The molecule has 0 radical (unpaired) electrons. The summed E-state index contributed by atoms with van der Waals surface area (Å²) >= 11 is 7.59. The summed E-state index contributed by atoms with van der Waals surface area (Å²) in [4.78, 5) is 6.63. The van der Waals surface area contributed by atoms with Crippen LogP contribution in [0.3, 0.4) is 0 Å². The summed E-state index contributed by atoms with van der Waals surface area (Å²) in [5.74, 6) is 0. The minimum Gasteiger partial charge on any atom is -0.361 e. The van der Waals surface area contributed by atoms with Gasteiger partial charge in [0.2, 0.25) is 0 Å². The van der Waals surface area contributed by atoms with Crippen molar-refractivity contribution in [2.75, 3.05) is 5.32 Å². The Kier molecular flexibility index (Phi) is 3.40. The number of benzene rings is 3. The number of hydrogen-bond acceptors (Lipinski definition) is 3. The van der Waals surface area contributed by atoms with Gasteiger partial charge < -0.3 is 10.3 Å². The zero-order chi connectivity index (χ0) is 16.8. The van der Waals surface area contributed by atoms with E-state index in [1.54, 1.807) is 11.8 Å². The molecule has 2 nitrogen and oxygen atoms in total. The van der Waals surface area contributed by atoms with Gasteiger partial charge in [0.25, 0.3) is 0 Å². The van der Waals surface area contributed by atoms with Crippen molar-refractivity contribution in [1.29, 1.82) is 0 Å². The molecule has 2 N–H and O–H groups in total. The first-order valence-electron chi connectivity index (χ1n) is 8.08. The Morgan fingerprint density at radius 2 is 1.64 bits per heavy atom. The molecule has 0 atom stereocenters. The third-order valence-electron chi connectivity index (χ3n) is 4.45. The summed E-state index contributed by atoms with van der Waals surface area (Å²) in [5, 5.41) is 4.67. The summed E-state index contributed by atoms with van der Waals surface area (Å²) in [5.41, 5.74) is 5.57. The Morgan fingerprint density at radius 1 is 0.840 bits per heavy atom. The number of thiocarbonyl (C=S) groups is 1. The predicted molar refractivity (Wildman–Crippen MR) is 109 cm³/mol. The van der Waals surface area contributed by atoms with Gasteiger partial charge in [-0.25, -0.2) is 0 Å². The standard InChI is InChI=1S/C21H14N2S2/c24-21(15-12-22-16-6-2-1-5-14(15)16)13-9-10-18-20(11-13)25-19-8-4-3-7-17(19)23-18/h1-12,22-23H. The average Bonchev–Trinajstić information content (AvgIpc) is 3.09. The summed E-state index contributed by atoms with van der Waals surface area (Å²) in [6.45, 7) is 0. The van der Waals surface area contributed by atoms with Gasteiger partial charge in [-0.2, -0.15) is 0 Å². The predicted octanol–water partition coefficient (Wildman–Crippen LogP) is 6.14. The maximum atomic E-state index is 5.80. The Morgan fingerprint density at radius 3 is 2.60 bits per heavy atom. The molecule has 25 heavy (non-hydrogen) atoms. The van der Waals surface area contributed by atoms with E-state index in [9.17, 15) is 0 Å². The Hall–Kier alpha value is -2.56. The number of aromatic nitrogens is 1. The topological polar surface area (TPSA) is 27.8 Å². The molecule has 0 fully saturated rings. The van der Waals surface area contributed by atoms with Gasteiger partial charge in [-0.15, -0.1) is 0 Å². The van der Waals surface area contributed by atoms with Crippen molar-refractivity contribution in [3.05, 3.63) is 84.1 Å². The number of hydrogen-bond donors (Lipinski definition) is 2. The monoisotopic (exact) mass is 358 g/mol. The second-order valence-corrected chi connectivity index (χ2v) is 7.50. The molecule has 0 saturated heterocycles. The van der Waals surface area contributed by atoms with Crippen LogP contribution in [0.2, 0.25) is 0 Å². The average molecular weight is 358 g/mol. The Balaban J connectivity index is 1.55. The van der Waals surface area contributed by atoms with Crippen molar-refractivity contribution < 1.29 is 0 Å².